The van der Waals surface area contributed by atoms with Crippen LogP contribution in [0.4, 0.5) is 0 Å². The Balaban J connectivity index is 2.17. The van der Waals surface area contributed by atoms with E-state index in [-0.39, 0.29) is 6.04 Å². The first-order valence-electron chi connectivity index (χ1n) is 7.44. The Morgan fingerprint density at radius 1 is 1.36 bits per heavy atom. The highest BCUT2D eigenvalue weighted by atomic mass is 79.9. The molecule has 0 saturated carbocycles. The summed E-state index contributed by atoms with van der Waals surface area (Å²) in [5, 5.41) is 0. The van der Waals surface area contributed by atoms with E-state index in [1.807, 2.05) is 0 Å². The quantitative estimate of drug-likeness (QED) is 0.774. The van der Waals surface area contributed by atoms with E-state index in [0.29, 0.717) is 15.1 Å². The van der Waals surface area contributed by atoms with Gasteiger partial charge in [0, 0.05) is 13.1 Å². The molecule has 0 unspecified atom stereocenters. The second-order valence-corrected chi connectivity index (χ2v) is 8.33. The third-order valence-corrected chi connectivity index (χ3v) is 6.84. The topological polar surface area (TPSA) is 49.9 Å². The molecule has 0 spiro atoms. The molecular weight excluding hydrogens is 368 g/mol. The van der Waals surface area contributed by atoms with Crippen LogP contribution in [0.3, 0.4) is 0 Å². The Labute approximate surface area is 141 Å². The second-order valence-electron chi connectivity index (χ2n) is 5.48. The number of benzene rings is 1. The van der Waals surface area contributed by atoms with Crippen LogP contribution < -0.4 is 4.74 Å². The van der Waals surface area contributed by atoms with Crippen LogP contribution >= 0.6 is 15.9 Å². The number of hydrogen-bond donors (Lipinski definition) is 0. The molecule has 1 aliphatic rings. The van der Waals surface area contributed by atoms with Crippen LogP contribution in [0, 0.1) is 0 Å². The lowest BCUT2D eigenvalue weighted by molar-refractivity contribution is 0.176. The monoisotopic (exact) mass is 390 g/mol. The molecule has 1 heterocycles. The van der Waals surface area contributed by atoms with Crippen molar-refractivity contribution in [3.63, 3.8) is 0 Å². The summed E-state index contributed by atoms with van der Waals surface area (Å²) in [6, 6.07) is 4.93. The van der Waals surface area contributed by atoms with E-state index < -0.39 is 10.0 Å². The fourth-order valence-electron chi connectivity index (χ4n) is 2.77. The van der Waals surface area contributed by atoms with Crippen molar-refractivity contribution in [1.29, 1.82) is 0 Å². The number of hydrogen-bond acceptors (Lipinski definition) is 4. The molecule has 5 nitrogen and oxygen atoms in total. The van der Waals surface area contributed by atoms with E-state index in [2.05, 4.69) is 27.8 Å². The zero-order valence-corrected chi connectivity index (χ0v) is 15.7. The molecule has 7 heteroatoms. The van der Waals surface area contributed by atoms with Crippen LogP contribution in [0.1, 0.15) is 19.8 Å². The summed E-state index contributed by atoms with van der Waals surface area (Å²) in [4.78, 5) is 2.64. The lowest BCUT2D eigenvalue weighted by atomic mass is 10.1. The summed E-state index contributed by atoms with van der Waals surface area (Å²) in [6.07, 6.45) is 1.75. The summed E-state index contributed by atoms with van der Waals surface area (Å²) in [5.41, 5.74) is 0. The van der Waals surface area contributed by atoms with Gasteiger partial charge in [-0.25, -0.2) is 8.42 Å². The van der Waals surface area contributed by atoms with Crippen molar-refractivity contribution in [2.45, 2.75) is 30.7 Å². The lowest BCUT2D eigenvalue weighted by Crippen LogP contribution is -2.45. The highest BCUT2D eigenvalue weighted by Crippen LogP contribution is 2.30. The molecule has 1 aliphatic heterocycles. The molecule has 0 aliphatic carbocycles. The maximum absolute atomic E-state index is 12.8. The first-order valence-corrected chi connectivity index (χ1v) is 9.67. The third kappa shape index (κ3) is 3.64. The molecule has 22 heavy (non-hydrogen) atoms. The van der Waals surface area contributed by atoms with Gasteiger partial charge in [-0.05, 0) is 66.6 Å². The fourth-order valence-corrected chi connectivity index (χ4v) is 4.90. The Kier molecular flexibility index (Phi) is 5.87. The molecule has 0 aromatic heterocycles. The number of rotatable bonds is 5. The highest BCUT2D eigenvalue weighted by Gasteiger charge is 2.30. The average Bonchev–Trinajstić information content (AvgIpc) is 2.54. The van der Waals surface area contributed by atoms with Gasteiger partial charge in [-0.1, -0.05) is 6.92 Å². The van der Waals surface area contributed by atoms with Gasteiger partial charge < -0.3 is 9.64 Å². The number of piperidine rings is 1. The van der Waals surface area contributed by atoms with Crippen LogP contribution in [0.15, 0.2) is 27.6 Å². The lowest BCUT2D eigenvalue weighted by Gasteiger charge is -2.35. The van der Waals surface area contributed by atoms with E-state index in [9.17, 15) is 8.42 Å². The van der Waals surface area contributed by atoms with Crippen molar-refractivity contribution < 1.29 is 13.2 Å². The maximum atomic E-state index is 12.8. The molecule has 0 bridgehead atoms. The molecule has 1 aromatic carbocycles. The largest absolute Gasteiger partial charge is 0.496 e. The van der Waals surface area contributed by atoms with Crippen molar-refractivity contribution in [2.75, 3.05) is 33.8 Å². The van der Waals surface area contributed by atoms with Crippen LogP contribution in [0.5, 0.6) is 5.75 Å². The van der Waals surface area contributed by atoms with E-state index >= 15 is 0 Å². The van der Waals surface area contributed by atoms with Gasteiger partial charge in [-0.15, -0.1) is 0 Å². The smallest absolute Gasteiger partial charge is 0.243 e. The number of halogens is 1. The molecule has 0 N–H and O–H groups in total. The molecule has 1 aromatic rings. The Hall–Kier alpha value is -0.630. The second kappa shape index (κ2) is 7.29. The summed E-state index contributed by atoms with van der Waals surface area (Å²) in [7, 11) is -0.243. The number of likely N-dealkylation sites (tertiary alicyclic amines) is 1. The van der Waals surface area contributed by atoms with Gasteiger partial charge in [0.1, 0.15) is 5.75 Å². The van der Waals surface area contributed by atoms with Gasteiger partial charge in [-0.3, -0.25) is 0 Å². The maximum Gasteiger partial charge on any atom is 0.243 e. The molecule has 0 radical (unpaired) electrons. The first kappa shape index (κ1) is 17.7. The van der Waals surface area contributed by atoms with Crippen molar-refractivity contribution in [2.24, 2.45) is 0 Å². The van der Waals surface area contributed by atoms with E-state index in [1.54, 1.807) is 32.4 Å². The van der Waals surface area contributed by atoms with Crippen molar-refractivity contribution in [3.8, 4) is 5.75 Å². The molecule has 0 atom stereocenters. The molecule has 1 fully saturated rings. The predicted molar refractivity (Wildman–Crippen MR) is 90.8 cm³/mol. The van der Waals surface area contributed by atoms with Crippen LogP contribution in [0.2, 0.25) is 0 Å². The van der Waals surface area contributed by atoms with Crippen molar-refractivity contribution in [1.82, 2.24) is 9.21 Å². The molecule has 2 rings (SSSR count). The zero-order chi connectivity index (χ0) is 16.3. The minimum atomic E-state index is -3.48. The van der Waals surface area contributed by atoms with Crippen molar-refractivity contribution >= 4 is 26.0 Å². The standard InChI is InChI=1S/C15H23BrN2O3S/c1-4-18-9-7-12(8-10-18)17(2)22(19,20)13-5-6-15(21-3)14(16)11-13/h5-6,11-12H,4,7-10H2,1-3H3. The van der Waals surface area contributed by atoms with E-state index in [4.69, 9.17) is 4.74 Å². The Morgan fingerprint density at radius 3 is 2.50 bits per heavy atom. The van der Waals surface area contributed by atoms with Crippen LogP contribution in [0.25, 0.3) is 0 Å². The third-order valence-electron chi connectivity index (χ3n) is 4.32. The van der Waals surface area contributed by atoms with Crippen LogP contribution in [-0.4, -0.2) is 57.5 Å². The Morgan fingerprint density at radius 2 is 2.00 bits per heavy atom. The minimum Gasteiger partial charge on any atom is -0.496 e. The SMILES string of the molecule is CCN1CCC(N(C)S(=O)(=O)c2ccc(OC)c(Br)c2)CC1. The number of sulfonamides is 1. The average molecular weight is 391 g/mol. The van der Waals surface area contributed by atoms with E-state index in [1.165, 1.54) is 4.31 Å². The normalized spacial score (nSPS) is 17.9. The summed E-state index contributed by atoms with van der Waals surface area (Å²) >= 11 is 3.35. The number of ether oxygens (including phenoxy) is 1. The highest BCUT2D eigenvalue weighted by molar-refractivity contribution is 9.10. The molecule has 0 amide bonds. The van der Waals surface area contributed by atoms with E-state index in [0.717, 1.165) is 32.5 Å². The zero-order valence-electron chi connectivity index (χ0n) is 13.3. The van der Waals surface area contributed by atoms with Gasteiger partial charge in [0.05, 0.1) is 16.5 Å². The van der Waals surface area contributed by atoms with Gasteiger partial charge >= 0.3 is 0 Å². The predicted octanol–water partition coefficient (Wildman–Crippen LogP) is 2.56. The van der Waals surface area contributed by atoms with Gasteiger partial charge in [0.2, 0.25) is 10.0 Å². The fraction of sp³-hybridized carbons (Fsp3) is 0.600. The van der Waals surface area contributed by atoms with Crippen molar-refractivity contribution in [3.05, 3.63) is 22.7 Å². The number of nitrogens with zero attached hydrogens (tertiary/aromatic N) is 2. The van der Waals surface area contributed by atoms with Gasteiger partial charge in [0.15, 0.2) is 0 Å². The summed E-state index contributed by atoms with van der Waals surface area (Å²) in [6.45, 7) is 5.06. The Bertz CT molecular complexity index is 613. The molecule has 124 valence electrons. The first-order chi connectivity index (χ1) is 10.4. The summed E-state index contributed by atoms with van der Waals surface area (Å²) < 4.78 is 32.9. The molecule has 1 saturated heterocycles. The number of methoxy groups -OCH3 is 1. The van der Waals surface area contributed by atoms with Crippen LogP contribution in [-0.2, 0) is 10.0 Å². The minimum absolute atomic E-state index is 0.0636. The molecular formula is C15H23BrN2O3S. The van der Waals surface area contributed by atoms with Gasteiger partial charge in [0.25, 0.3) is 0 Å². The summed E-state index contributed by atoms with van der Waals surface area (Å²) in [5.74, 6) is 0.623. The van der Waals surface area contributed by atoms with Gasteiger partial charge in [-0.2, -0.15) is 4.31 Å².